The van der Waals surface area contributed by atoms with Crippen LogP contribution in [0.5, 0.6) is 0 Å². The summed E-state index contributed by atoms with van der Waals surface area (Å²) < 4.78 is 0. The minimum atomic E-state index is 0.483. The van der Waals surface area contributed by atoms with Gasteiger partial charge < -0.3 is 5.73 Å². The Labute approximate surface area is 122 Å². The fourth-order valence-corrected chi connectivity index (χ4v) is 2.89. The predicted octanol–water partition coefficient (Wildman–Crippen LogP) is 3.02. The van der Waals surface area contributed by atoms with Crippen molar-refractivity contribution in [2.75, 3.05) is 25.6 Å². The molecule has 1 aromatic carbocycles. The highest BCUT2D eigenvalue weighted by Gasteiger charge is 2.18. The Kier molecular flexibility index (Phi) is 8.19. The van der Waals surface area contributed by atoms with Gasteiger partial charge in [0.25, 0.3) is 0 Å². The van der Waals surface area contributed by atoms with Gasteiger partial charge in [0.15, 0.2) is 0 Å². The van der Waals surface area contributed by atoms with Crippen LogP contribution in [0.1, 0.15) is 25.3 Å². The van der Waals surface area contributed by atoms with Crippen LogP contribution in [-0.4, -0.2) is 42.6 Å². The van der Waals surface area contributed by atoms with E-state index in [0.717, 1.165) is 19.4 Å². The van der Waals surface area contributed by atoms with Crippen molar-refractivity contribution in [3.05, 3.63) is 35.9 Å². The molecule has 0 aliphatic carbocycles. The molecule has 3 heteroatoms. The average molecular weight is 280 g/mol. The van der Waals surface area contributed by atoms with Crippen molar-refractivity contribution in [1.82, 2.24) is 4.90 Å². The summed E-state index contributed by atoms with van der Waals surface area (Å²) in [4.78, 5) is 2.46. The fraction of sp³-hybridized carbons (Fsp3) is 0.625. The first-order valence-electron chi connectivity index (χ1n) is 7.14. The number of hydrogen-bond donors (Lipinski definition) is 1. The third-order valence-corrected chi connectivity index (χ3v) is 4.54. The van der Waals surface area contributed by atoms with Gasteiger partial charge in [-0.1, -0.05) is 30.3 Å². The van der Waals surface area contributed by atoms with Crippen LogP contribution < -0.4 is 5.73 Å². The highest BCUT2D eigenvalue weighted by atomic mass is 32.2. The number of benzene rings is 1. The summed E-state index contributed by atoms with van der Waals surface area (Å²) in [7, 11) is 2.22. The third-order valence-electron chi connectivity index (χ3n) is 3.89. The van der Waals surface area contributed by atoms with Crippen LogP contribution in [-0.2, 0) is 6.42 Å². The molecule has 2 nitrogen and oxygen atoms in total. The summed E-state index contributed by atoms with van der Waals surface area (Å²) in [6, 6.07) is 11.8. The van der Waals surface area contributed by atoms with Crippen molar-refractivity contribution in [3.63, 3.8) is 0 Å². The van der Waals surface area contributed by atoms with Gasteiger partial charge in [-0.15, -0.1) is 0 Å². The zero-order valence-electron chi connectivity index (χ0n) is 12.5. The van der Waals surface area contributed by atoms with Crippen molar-refractivity contribution in [2.24, 2.45) is 5.73 Å². The summed E-state index contributed by atoms with van der Waals surface area (Å²) in [5.41, 5.74) is 7.37. The Hall–Kier alpha value is -0.510. The standard InChI is InChI=1S/C16H28N2S/c1-14(11-12-19-3)18(2)16(13-17)10-9-15-7-5-4-6-8-15/h4-8,14,16H,9-13,17H2,1-3H3. The molecule has 0 spiro atoms. The Morgan fingerprint density at radius 2 is 1.89 bits per heavy atom. The van der Waals surface area contributed by atoms with E-state index in [1.54, 1.807) is 0 Å². The number of likely N-dealkylation sites (N-methyl/N-ethyl adjacent to an activating group) is 1. The lowest BCUT2D eigenvalue weighted by Gasteiger charge is -2.32. The van der Waals surface area contributed by atoms with E-state index >= 15 is 0 Å². The molecule has 108 valence electrons. The van der Waals surface area contributed by atoms with Crippen LogP contribution in [0, 0.1) is 0 Å². The Morgan fingerprint density at radius 1 is 1.21 bits per heavy atom. The predicted molar refractivity (Wildman–Crippen MR) is 87.8 cm³/mol. The van der Waals surface area contributed by atoms with E-state index in [-0.39, 0.29) is 0 Å². The molecule has 19 heavy (non-hydrogen) atoms. The minimum absolute atomic E-state index is 0.483. The molecule has 0 aliphatic heterocycles. The summed E-state index contributed by atoms with van der Waals surface area (Å²) in [5.74, 6) is 1.22. The van der Waals surface area contributed by atoms with E-state index < -0.39 is 0 Å². The Balaban J connectivity index is 2.43. The highest BCUT2D eigenvalue weighted by molar-refractivity contribution is 7.98. The number of rotatable bonds is 9. The first kappa shape index (κ1) is 16.5. The third kappa shape index (κ3) is 5.98. The average Bonchev–Trinajstić information content (AvgIpc) is 2.46. The largest absolute Gasteiger partial charge is 0.329 e. The van der Waals surface area contributed by atoms with Gasteiger partial charge in [0.2, 0.25) is 0 Å². The molecular formula is C16H28N2S. The smallest absolute Gasteiger partial charge is 0.0221 e. The molecule has 0 fully saturated rings. The number of hydrogen-bond acceptors (Lipinski definition) is 3. The van der Waals surface area contributed by atoms with Gasteiger partial charge in [0, 0.05) is 18.6 Å². The number of aryl methyl sites for hydroxylation is 1. The van der Waals surface area contributed by atoms with Gasteiger partial charge in [-0.25, -0.2) is 0 Å². The molecular weight excluding hydrogens is 252 g/mol. The molecule has 0 saturated heterocycles. The van der Waals surface area contributed by atoms with E-state index in [1.165, 1.54) is 17.7 Å². The van der Waals surface area contributed by atoms with Crippen LogP contribution >= 0.6 is 11.8 Å². The van der Waals surface area contributed by atoms with E-state index in [1.807, 2.05) is 11.8 Å². The molecule has 0 radical (unpaired) electrons. The maximum Gasteiger partial charge on any atom is 0.0221 e. The second-order valence-electron chi connectivity index (χ2n) is 5.21. The molecule has 2 atom stereocenters. The van der Waals surface area contributed by atoms with E-state index in [9.17, 15) is 0 Å². The second-order valence-corrected chi connectivity index (χ2v) is 6.20. The molecule has 1 aromatic rings. The maximum atomic E-state index is 5.96. The van der Waals surface area contributed by atoms with E-state index in [4.69, 9.17) is 5.73 Å². The number of nitrogens with zero attached hydrogens (tertiary/aromatic N) is 1. The van der Waals surface area contributed by atoms with Crippen LogP contribution in [0.2, 0.25) is 0 Å². The minimum Gasteiger partial charge on any atom is -0.329 e. The Morgan fingerprint density at radius 3 is 2.47 bits per heavy atom. The van der Waals surface area contributed by atoms with Crippen LogP contribution in [0.15, 0.2) is 30.3 Å². The molecule has 0 heterocycles. The van der Waals surface area contributed by atoms with E-state index in [0.29, 0.717) is 12.1 Å². The van der Waals surface area contributed by atoms with Gasteiger partial charge in [0.05, 0.1) is 0 Å². The molecule has 0 aromatic heterocycles. The second kappa shape index (κ2) is 9.40. The van der Waals surface area contributed by atoms with Crippen molar-refractivity contribution in [1.29, 1.82) is 0 Å². The van der Waals surface area contributed by atoms with Crippen LogP contribution in [0.3, 0.4) is 0 Å². The van der Waals surface area contributed by atoms with Crippen molar-refractivity contribution in [2.45, 2.75) is 38.3 Å². The van der Waals surface area contributed by atoms with Gasteiger partial charge in [0.1, 0.15) is 0 Å². The highest BCUT2D eigenvalue weighted by Crippen LogP contribution is 2.13. The van der Waals surface area contributed by atoms with Gasteiger partial charge >= 0.3 is 0 Å². The van der Waals surface area contributed by atoms with Crippen molar-refractivity contribution in [3.8, 4) is 0 Å². The SMILES string of the molecule is CSCCC(C)N(C)C(CN)CCc1ccccc1. The van der Waals surface area contributed by atoms with Gasteiger partial charge in [-0.3, -0.25) is 4.90 Å². The van der Waals surface area contributed by atoms with Crippen LogP contribution in [0.4, 0.5) is 0 Å². The molecule has 0 saturated carbocycles. The molecule has 0 bridgehead atoms. The summed E-state index contributed by atoms with van der Waals surface area (Å²) >= 11 is 1.92. The lowest BCUT2D eigenvalue weighted by Crippen LogP contribution is -2.43. The molecule has 2 N–H and O–H groups in total. The Bertz CT molecular complexity index is 329. The quantitative estimate of drug-likeness (QED) is 0.754. The zero-order valence-corrected chi connectivity index (χ0v) is 13.3. The normalized spacial score (nSPS) is 14.6. The van der Waals surface area contributed by atoms with Gasteiger partial charge in [-0.05, 0) is 50.8 Å². The molecule has 2 unspecified atom stereocenters. The number of nitrogens with two attached hydrogens (primary N) is 1. The zero-order chi connectivity index (χ0) is 14.1. The lowest BCUT2D eigenvalue weighted by molar-refractivity contribution is 0.176. The van der Waals surface area contributed by atoms with Crippen molar-refractivity contribution >= 4 is 11.8 Å². The molecule has 0 amide bonds. The monoisotopic (exact) mass is 280 g/mol. The van der Waals surface area contributed by atoms with Crippen molar-refractivity contribution < 1.29 is 0 Å². The molecule has 0 aliphatic rings. The summed E-state index contributed by atoms with van der Waals surface area (Å²) in [5, 5.41) is 0. The van der Waals surface area contributed by atoms with Crippen LogP contribution in [0.25, 0.3) is 0 Å². The first-order chi connectivity index (χ1) is 9.19. The summed E-state index contributed by atoms with van der Waals surface area (Å²) in [6.07, 6.45) is 5.66. The lowest BCUT2D eigenvalue weighted by atomic mass is 10.0. The van der Waals surface area contributed by atoms with E-state index in [2.05, 4.69) is 55.5 Å². The summed E-state index contributed by atoms with van der Waals surface area (Å²) in [6.45, 7) is 3.05. The number of thioether (sulfide) groups is 1. The maximum absolute atomic E-state index is 5.96. The topological polar surface area (TPSA) is 29.3 Å². The van der Waals surface area contributed by atoms with Gasteiger partial charge in [-0.2, -0.15) is 11.8 Å². The fourth-order valence-electron chi connectivity index (χ4n) is 2.32. The first-order valence-corrected chi connectivity index (χ1v) is 8.53. The molecule has 1 rings (SSSR count).